The summed E-state index contributed by atoms with van der Waals surface area (Å²) < 4.78 is 0. The summed E-state index contributed by atoms with van der Waals surface area (Å²) in [4.78, 5) is 16.7. The lowest BCUT2D eigenvalue weighted by atomic mass is 10.1. The summed E-state index contributed by atoms with van der Waals surface area (Å²) in [5, 5.41) is 4.31. The van der Waals surface area contributed by atoms with E-state index in [0.717, 1.165) is 38.3 Å². The van der Waals surface area contributed by atoms with Crippen LogP contribution in [0.15, 0.2) is 47.2 Å². The second kappa shape index (κ2) is 7.57. The summed E-state index contributed by atoms with van der Waals surface area (Å²) in [6, 6.07) is 10.3. The Balaban J connectivity index is 1.51. The molecule has 23 heavy (non-hydrogen) atoms. The van der Waals surface area contributed by atoms with Crippen molar-refractivity contribution in [3.8, 4) is 0 Å². The highest BCUT2D eigenvalue weighted by Gasteiger charge is 2.19. The van der Waals surface area contributed by atoms with Crippen LogP contribution in [0.1, 0.15) is 16.7 Å². The molecule has 120 valence electrons. The predicted molar refractivity (Wildman–Crippen MR) is 96.4 cm³/mol. The molecule has 0 radical (unpaired) electrons. The zero-order valence-corrected chi connectivity index (χ0v) is 14.3. The normalized spacial score (nSPS) is 16.1. The summed E-state index contributed by atoms with van der Waals surface area (Å²) in [5.74, 6) is 0.114. The van der Waals surface area contributed by atoms with Crippen molar-refractivity contribution in [2.24, 2.45) is 0 Å². The predicted octanol–water partition coefficient (Wildman–Crippen LogP) is 3.41. The zero-order valence-electron chi connectivity index (χ0n) is 13.4. The van der Waals surface area contributed by atoms with E-state index in [1.54, 1.807) is 17.4 Å². The van der Waals surface area contributed by atoms with Gasteiger partial charge in [-0.3, -0.25) is 9.69 Å². The first kappa shape index (κ1) is 16.0. The first-order chi connectivity index (χ1) is 11.2. The molecule has 1 amide bonds. The second-order valence-electron chi connectivity index (χ2n) is 5.92. The molecule has 3 rings (SSSR count). The van der Waals surface area contributed by atoms with Gasteiger partial charge in [0.2, 0.25) is 5.91 Å². The summed E-state index contributed by atoms with van der Waals surface area (Å²) in [5.41, 5.74) is 3.67. The van der Waals surface area contributed by atoms with Gasteiger partial charge in [0.05, 0.1) is 0 Å². The van der Waals surface area contributed by atoms with Crippen LogP contribution in [0.5, 0.6) is 0 Å². The lowest BCUT2D eigenvalue weighted by molar-refractivity contribution is -0.127. The highest BCUT2D eigenvalue weighted by molar-refractivity contribution is 7.07. The van der Waals surface area contributed by atoms with Crippen molar-refractivity contribution in [2.45, 2.75) is 13.5 Å². The van der Waals surface area contributed by atoms with E-state index in [0.29, 0.717) is 0 Å². The van der Waals surface area contributed by atoms with E-state index < -0.39 is 0 Å². The number of benzene rings is 1. The molecule has 1 fully saturated rings. The van der Waals surface area contributed by atoms with Gasteiger partial charge in [-0.1, -0.05) is 24.3 Å². The highest BCUT2D eigenvalue weighted by Crippen LogP contribution is 2.13. The molecule has 0 atom stereocenters. The fourth-order valence-electron chi connectivity index (χ4n) is 2.81. The summed E-state index contributed by atoms with van der Waals surface area (Å²) >= 11 is 1.74. The molecule has 1 aromatic heterocycles. The number of carbonyl (C=O) groups excluding carboxylic acids is 1. The Kier molecular flexibility index (Phi) is 5.26. The Hall–Kier alpha value is -1.91. The lowest BCUT2D eigenvalue weighted by Crippen LogP contribution is -2.47. The maximum atomic E-state index is 12.3. The van der Waals surface area contributed by atoms with Crippen molar-refractivity contribution in [3.05, 3.63) is 63.9 Å². The van der Waals surface area contributed by atoms with Gasteiger partial charge in [0.1, 0.15) is 0 Å². The van der Waals surface area contributed by atoms with Gasteiger partial charge in [0.25, 0.3) is 0 Å². The average Bonchev–Trinajstić information content (AvgIpc) is 3.07. The molecule has 1 saturated heterocycles. The fourth-order valence-corrected chi connectivity index (χ4v) is 3.47. The van der Waals surface area contributed by atoms with E-state index in [-0.39, 0.29) is 5.91 Å². The molecule has 2 heterocycles. The molecule has 0 aliphatic carbocycles. The first-order valence-corrected chi connectivity index (χ1v) is 8.93. The van der Waals surface area contributed by atoms with Crippen molar-refractivity contribution in [1.82, 2.24) is 9.80 Å². The fraction of sp³-hybridized carbons (Fsp3) is 0.316. The standard InChI is InChI=1S/C19H22N2OS/c1-16-4-2-3-5-18(16)6-7-19(22)21-11-9-20(10-12-21)14-17-8-13-23-15-17/h2-8,13,15H,9-12,14H2,1H3/b7-6+. The number of aryl methyl sites for hydroxylation is 1. The highest BCUT2D eigenvalue weighted by atomic mass is 32.1. The maximum absolute atomic E-state index is 12.3. The van der Waals surface area contributed by atoms with E-state index in [1.807, 2.05) is 29.2 Å². The van der Waals surface area contributed by atoms with Crippen LogP contribution in [-0.4, -0.2) is 41.9 Å². The topological polar surface area (TPSA) is 23.6 Å². The minimum atomic E-state index is 0.114. The van der Waals surface area contributed by atoms with Crippen LogP contribution in [0.3, 0.4) is 0 Å². The number of hydrogen-bond donors (Lipinski definition) is 0. The van der Waals surface area contributed by atoms with Gasteiger partial charge >= 0.3 is 0 Å². The molecule has 4 heteroatoms. The van der Waals surface area contributed by atoms with Gasteiger partial charge in [0.15, 0.2) is 0 Å². The average molecular weight is 326 g/mol. The van der Waals surface area contributed by atoms with Crippen molar-refractivity contribution in [1.29, 1.82) is 0 Å². The SMILES string of the molecule is Cc1ccccc1/C=C/C(=O)N1CCN(Cc2ccsc2)CC1. The number of carbonyl (C=O) groups is 1. The smallest absolute Gasteiger partial charge is 0.246 e. The lowest BCUT2D eigenvalue weighted by Gasteiger charge is -2.34. The van der Waals surface area contributed by atoms with E-state index in [9.17, 15) is 4.79 Å². The Labute approximate surface area is 141 Å². The van der Waals surface area contributed by atoms with Crippen molar-refractivity contribution < 1.29 is 4.79 Å². The first-order valence-electron chi connectivity index (χ1n) is 7.98. The maximum Gasteiger partial charge on any atom is 0.246 e. The second-order valence-corrected chi connectivity index (χ2v) is 6.70. The summed E-state index contributed by atoms with van der Waals surface area (Å²) in [7, 11) is 0. The van der Waals surface area contributed by atoms with E-state index in [1.165, 1.54) is 11.1 Å². The van der Waals surface area contributed by atoms with Crippen LogP contribution in [0.2, 0.25) is 0 Å². The minimum Gasteiger partial charge on any atom is -0.337 e. The monoisotopic (exact) mass is 326 g/mol. The summed E-state index contributed by atoms with van der Waals surface area (Å²) in [6.45, 7) is 6.56. The van der Waals surface area contributed by atoms with Crippen LogP contribution in [0.25, 0.3) is 6.08 Å². The van der Waals surface area contributed by atoms with E-state index >= 15 is 0 Å². The largest absolute Gasteiger partial charge is 0.337 e. The van der Waals surface area contributed by atoms with Gasteiger partial charge in [0, 0.05) is 38.8 Å². The summed E-state index contributed by atoms with van der Waals surface area (Å²) in [6.07, 6.45) is 3.63. The molecule has 2 aromatic rings. The Morgan fingerprint density at radius 2 is 1.96 bits per heavy atom. The Bertz CT molecular complexity index is 670. The quantitative estimate of drug-likeness (QED) is 0.804. The van der Waals surface area contributed by atoms with Gasteiger partial charge < -0.3 is 4.90 Å². The van der Waals surface area contributed by atoms with E-state index in [2.05, 4.69) is 34.7 Å². The molecule has 3 nitrogen and oxygen atoms in total. The number of amides is 1. The Morgan fingerprint density at radius 3 is 2.65 bits per heavy atom. The number of rotatable bonds is 4. The number of thiophene rings is 1. The minimum absolute atomic E-state index is 0.114. The molecule has 0 spiro atoms. The molecular formula is C19H22N2OS. The molecule has 1 aliphatic rings. The van der Waals surface area contributed by atoms with Gasteiger partial charge in [-0.2, -0.15) is 11.3 Å². The number of hydrogen-bond acceptors (Lipinski definition) is 3. The third kappa shape index (κ3) is 4.30. The van der Waals surface area contributed by atoms with Crippen LogP contribution in [0.4, 0.5) is 0 Å². The van der Waals surface area contributed by atoms with Crippen LogP contribution < -0.4 is 0 Å². The van der Waals surface area contributed by atoms with Gasteiger partial charge in [-0.05, 0) is 46.5 Å². The molecule has 1 aliphatic heterocycles. The molecule has 0 bridgehead atoms. The third-order valence-electron chi connectivity index (χ3n) is 4.26. The number of piperazine rings is 1. The van der Waals surface area contributed by atoms with Crippen molar-refractivity contribution >= 4 is 23.3 Å². The van der Waals surface area contributed by atoms with Gasteiger partial charge in [-0.15, -0.1) is 0 Å². The number of nitrogens with zero attached hydrogens (tertiary/aromatic N) is 2. The Morgan fingerprint density at radius 1 is 1.17 bits per heavy atom. The van der Waals surface area contributed by atoms with Crippen molar-refractivity contribution in [2.75, 3.05) is 26.2 Å². The molecule has 0 N–H and O–H groups in total. The zero-order chi connectivity index (χ0) is 16.1. The molecule has 0 unspecified atom stereocenters. The van der Waals surface area contributed by atoms with Crippen LogP contribution >= 0.6 is 11.3 Å². The van der Waals surface area contributed by atoms with Crippen LogP contribution in [0, 0.1) is 6.92 Å². The third-order valence-corrected chi connectivity index (χ3v) is 5.00. The molecule has 0 saturated carbocycles. The van der Waals surface area contributed by atoms with Crippen LogP contribution in [-0.2, 0) is 11.3 Å². The molecular weight excluding hydrogens is 304 g/mol. The van der Waals surface area contributed by atoms with Crippen molar-refractivity contribution in [3.63, 3.8) is 0 Å². The van der Waals surface area contributed by atoms with E-state index in [4.69, 9.17) is 0 Å². The van der Waals surface area contributed by atoms with Gasteiger partial charge in [-0.25, -0.2) is 0 Å². The molecule has 1 aromatic carbocycles.